The molecule has 3 heteroatoms. The van der Waals surface area contributed by atoms with Gasteiger partial charge >= 0.3 is 0 Å². The maximum absolute atomic E-state index is 2.54. The summed E-state index contributed by atoms with van der Waals surface area (Å²) in [5.41, 5.74) is 1.43. The summed E-state index contributed by atoms with van der Waals surface area (Å²) in [6.07, 6.45) is 2.12. The Kier molecular flexibility index (Phi) is 4.27. The maximum atomic E-state index is 2.54. The van der Waals surface area contributed by atoms with E-state index in [0.717, 1.165) is 6.54 Å². The fourth-order valence-corrected chi connectivity index (χ4v) is 2.40. The van der Waals surface area contributed by atoms with Crippen LogP contribution in [-0.2, 0) is 6.54 Å². The summed E-state index contributed by atoms with van der Waals surface area (Å²) in [5.74, 6) is 0. The van der Waals surface area contributed by atoms with Crippen LogP contribution < -0.4 is 0 Å². The van der Waals surface area contributed by atoms with Gasteiger partial charge in [-0.3, -0.25) is 4.90 Å². The smallest absolute Gasteiger partial charge is 0.0234 e. The van der Waals surface area contributed by atoms with Gasteiger partial charge in [-0.2, -0.15) is 0 Å². The number of hydrogen-bond acceptors (Lipinski definition) is 3. The van der Waals surface area contributed by atoms with E-state index in [-0.39, 0.29) is 0 Å². The Morgan fingerprint density at radius 1 is 1.06 bits per heavy atom. The lowest BCUT2D eigenvalue weighted by Crippen LogP contribution is -2.43. The van der Waals surface area contributed by atoms with Crippen molar-refractivity contribution in [2.24, 2.45) is 0 Å². The third-order valence-electron chi connectivity index (χ3n) is 3.16. The van der Waals surface area contributed by atoms with Gasteiger partial charge < -0.3 is 4.90 Å². The molecule has 0 saturated carbocycles. The zero-order chi connectivity index (χ0) is 11.4. The van der Waals surface area contributed by atoms with Crippen LogP contribution in [0.15, 0.2) is 29.2 Å². The second-order valence-corrected chi connectivity index (χ2v) is 5.31. The van der Waals surface area contributed by atoms with Gasteiger partial charge in [-0.15, -0.1) is 11.8 Å². The Morgan fingerprint density at radius 2 is 1.69 bits per heavy atom. The van der Waals surface area contributed by atoms with Crippen molar-refractivity contribution in [2.45, 2.75) is 11.4 Å². The van der Waals surface area contributed by atoms with Crippen LogP contribution in [0.2, 0.25) is 0 Å². The van der Waals surface area contributed by atoms with Crippen LogP contribution in [-0.4, -0.2) is 49.3 Å². The van der Waals surface area contributed by atoms with Crippen molar-refractivity contribution in [1.82, 2.24) is 9.80 Å². The molecule has 0 unspecified atom stereocenters. The highest BCUT2D eigenvalue weighted by molar-refractivity contribution is 7.98. The molecule has 0 radical (unpaired) electrons. The lowest BCUT2D eigenvalue weighted by Gasteiger charge is -2.32. The fraction of sp³-hybridized carbons (Fsp3) is 0.538. The van der Waals surface area contributed by atoms with Gasteiger partial charge in [0.2, 0.25) is 0 Å². The van der Waals surface area contributed by atoms with E-state index in [1.807, 2.05) is 0 Å². The second-order valence-electron chi connectivity index (χ2n) is 4.43. The molecule has 16 heavy (non-hydrogen) atoms. The molecule has 2 nitrogen and oxygen atoms in total. The lowest BCUT2D eigenvalue weighted by atomic mass is 10.2. The van der Waals surface area contributed by atoms with Crippen LogP contribution in [0.25, 0.3) is 0 Å². The maximum Gasteiger partial charge on any atom is 0.0234 e. The third-order valence-corrected chi connectivity index (χ3v) is 3.90. The molecule has 0 spiro atoms. The molecule has 1 aliphatic rings. The van der Waals surface area contributed by atoms with E-state index in [4.69, 9.17) is 0 Å². The summed E-state index contributed by atoms with van der Waals surface area (Å²) in [5, 5.41) is 0. The third kappa shape index (κ3) is 3.24. The summed E-state index contributed by atoms with van der Waals surface area (Å²) in [6, 6.07) is 8.94. The van der Waals surface area contributed by atoms with E-state index < -0.39 is 0 Å². The molecular weight excluding hydrogens is 216 g/mol. The van der Waals surface area contributed by atoms with Gasteiger partial charge in [0.25, 0.3) is 0 Å². The first kappa shape index (κ1) is 12.0. The summed E-state index contributed by atoms with van der Waals surface area (Å²) >= 11 is 1.80. The van der Waals surface area contributed by atoms with Crippen LogP contribution in [0.5, 0.6) is 0 Å². The minimum absolute atomic E-state index is 1.10. The molecule has 0 N–H and O–H groups in total. The summed E-state index contributed by atoms with van der Waals surface area (Å²) in [7, 11) is 2.20. The fourth-order valence-electron chi connectivity index (χ4n) is 2.00. The molecule has 1 aromatic carbocycles. The lowest BCUT2D eigenvalue weighted by molar-refractivity contribution is 0.148. The first-order chi connectivity index (χ1) is 7.78. The Labute approximate surface area is 103 Å². The number of hydrogen-bond donors (Lipinski definition) is 0. The van der Waals surface area contributed by atoms with Gasteiger partial charge in [-0.25, -0.2) is 0 Å². The molecule has 1 heterocycles. The molecule has 1 aromatic rings. The molecule has 2 rings (SSSR count). The zero-order valence-electron chi connectivity index (χ0n) is 10.1. The molecule has 1 fully saturated rings. The van der Waals surface area contributed by atoms with Gasteiger partial charge in [0.1, 0.15) is 0 Å². The van der Waals surface area contributed by atoms with Crippen LogP contribution in [0.4, 0.5) is 0 Å². The largest absolute Gasteiger partial charge is 0.304 e. The molecular formula is C13H20N2S. The van der Waals surface area contributed by atoms with Crippen LogP contribution >= 0.6 is 11.8 Å². The predicted molar refractivity (Wildman–Crippen MR) is 71.0 cm³/mol. The van der Waals surface area contributed by atoms with Crippen molar-refractivity contribution in [3.63, 3.8) is 0 Å². The van der Waals surface area contributed by atoms with Crippen molar-refractivity contribution in [2.75, 3.05) is 39.5 Å². The van der Waals surface area contributed by atoms with Crippen LogP contribution in [0, 0.1) is 0 Å². The van der Waals surface area contributed by atoms with Crippen LogP contribution in [0.1, 0.15) is 5.56 Å². The number of nitrogens with zero attached hydrogens (tertiary/aromatic N) is 2. The SMILES string of the molecule is CSc1ccc(CN2CCN(C)CC2)cc1. The number of likely N-dealkylation sites (N-methyl/N-ethyl adjacent to an activating group) is 1. The number of rotatable bonds is 3. The Bertz CT molecular complexity index is 315. The first-order valence-corrected chi connectivity index (χ1v) is 7.04. The minimum atomic E-state index is 1.10. The monoisotopic (exact) mass is 236 g/mol. The van der Waals surface area contributed by atoms with Crippen molar-refractivity contribution in [1.29, 1.82) is 0 Å². The highest BCUT2D eigenvalue weighted by atomic mass is 32.2. The van der Waals surface area contributed by atoms with Gasteiger partial charge in [-0.1, -0.05) is 12.1 Å². The molecule has 1 aliphatic heterocycles. The van der Waals surface area contributed by atoms with Crippen molar-refractivity contribution >= 4 is 11.8 Å². The number of benzene rings is 1. The summed E-state index contributed by atoms with van der Waals surface area (Å²) in [4.78, 5) is 6.28. The molecule has 0 bridgehead atoms. The van der Waals surface area contributed by atoms with Gasteiger partial charge in [0.05, 0.1) is 0 Å². The van der Waals surface area contributed by atoms with E-state index in [0.29, 0.717) is 0 Å². The quantitative estimate of drug-likeness (QED) is 0.743. The zero-order valence-corrected chi connectivity index (χ0v) is 11.0. The molecule has 0 atom stereocenters. The molecule has 1 saturated heterocycles. The molecule has 0 amide bonds. The number of piperazine rings is 1. The normalized spacial score (nSPS) is 18.9. The standard InChI is InChI=1S/C13H20N2S/c1-14-7-9-15(10-8-14)11-12-3-5-13(16-2)6-4-12/h3-6H,7-11H2,1-2H3. The van der Waals surface area contributed by atoms with E-state index in [2.05, 4.69) is 47.4 Å². The van der Waals surface area contributed by atoms with Gasteiger partial charge in [0.15, 0.2) is 0 Å². The van der Waals surface area contributed by atoms with E-state index in [1.165, 1.54) is 36.6 Å². The first-order valence-electron chi connectivity index (χ1n) is 5.82. The molecule has 0 aromatic heterocycles. The van der Waals surface area contributed by atoms with Crippen LogP contribution in [0.3, 0.4) is 0 Å². The van der Waals surface area contributed by atoms with Crippen molar-refractivity contribution in [3.05, 3.63) is 29.8 Å². The van der Waals surface area contributed by atoms with Gasteiger partial charge in [-0.05, 0) is 31.0 Å². The van der Waals surface area contributed by atoms with Crippen molar-refractivity contribution in [3.8, 4) is 0 Å². The number of thioether (sulfide) groups is 1. The Hall–Kier alpha value is -0.510. The van der Waals surface area contributed by atoms with Crippen molar-refractivity contribution < 1.29 is 0 Å². The highest BCUT2D eigenvalue weighted by Crippen LogP contribution is 2.16. The Morgan fingerprint density at radius 3 is 2.25 bits per heavy atom. The average molecular weight is 236 g/mol. The van der Waals surface area contributed by atoms with Gasteiger partial charge in [0, 0.05) is 37.6 Å². The Balaban J connectivity index is 1.88. The summed E-state index contributed by atoms with van der Waals surface area (Å²) < 4.78 is 0. The molecule has 88 valence electrons. The topological polar surface area (TPSA) is 6.48 Å². The minimum Gasteiger partial charge on any atom is -0.304 e. The summed E-state index contributed by atoms with van der Waals surface area (Å²) in [6.45, 7) is 5.88. The highest BCUT2D eigenvalue weighted by Gasteiger charge is 2.13. The predicted octanol–water partition coefficient (Wildman–Crippen LogP) is 2.16. The van der Waals surface area contributed by atoms with E-state index in [1.54, 1.807) is 11.8 Å². The second kappa shape index (κ2) is 5.71. The van der Waals surface area contributed by atoms with E-state index in [9.17, 15) is 0 Å². The molecule has 0 aliphatic carbocycles. The van der Waals surface area contributed by atoms with E-state index >= 15 is 0 Å². The average Bonchev–Trinajstić information content (AvgIpc) is 2.33.